The highest BCUT2D eigenvalue weighted by Gasteiger charge is 2.11. The molecular formula is C10H10O4S. The maximum Gasteiger partial charge on any atom is 0.335 e. The number of carbonyl (C=O) groups is 1. The van der Waals surface area contributed by atoms with Gasteiger partial charge in [-0.2, -0.15) is 0 Å². The van der Waals surface area contributed by atoms with Gasteiger partial charge in [-0.1, -0.05) is 18.7 Å². The van der Waals surface area contributed by atoms with Gasteiger partial charge in [-0.3, -0.25) is 0 Å². The van der Waals surface area contributed by atoms with Gasteiger partial charge in [0.15, 0.2) is 9.84 Å². The number of hydrogen-bond donors (Lipinski definition) is 1. The molecule has 0 saturated carbocycles. The number of benzene rings is 1. The van der Waals surface area contributed by atoms with Crippen LogP contribution < -0.4 is 0 Å². The first kappa shape index (κ1) is 11.5. The predicted molar refractivity (Wildman–Crippen MR) is 57.3 cm³/mol. The molecule has 0 radical (unpaired) electrons. The normalized spacial score (nSPS) is 11.0. The molecule has 0 spiro atoms. The van der Waals surface area contributed by atoms with E-state index in [0.717, 1.165) is 6.26 Å². The van der Waals surface area contributed by atoms with E-state index in [1.807, 2.05) is 0 Å². The van der Waals surface area contributed by atoms with Crippen molar-refractivity contribution >= 4 is 20.7 Å². The van der Waals surface area contributed by atoms with Crippen LogP contribution >= 0.6 is 0 Å². The van der Waals surface area contributed by atoms with Crippen molar-refractivity contribution in [1.29, 1.82) is 0 Å². The maximum atomic E-state index is 11.1. The van der Waals surface area contributed by atoms with Gasteiger partial charge in [-0.05, 0) is 17.7 Å². The van der Waals surface area contributed by atoms with E-state index in [1.54, 1.807) is 0 Å². The molecule has 1 N–H and O–H groups in total. The molecule has 1 aromatic carbocycles. The summed E-state index contributed by atoms with van der Waals surface area (Å²) in [5.74, 6) is -1.05. The first-order valence-corrected chi connectivity index (χ1v) is 5.94. The molecule has 0 aliphatic heterocycles. The second kappa shape index (κ2) is 3.86. The zero-order chi connectivity index (χ0) is 11.6. The minimum Gasteiger partial charge on any atom is -0.478 e. The van der Waals surface area contributed by atoms with E-state index in [9.17, 15) is 13.2 Å². The molecule has 80 valence electrons. The molecule has 1 aromatic rings. The smallest absolute Gasteiger partial charge is 0.335 e. The molecule has 1 rings (SSSR count). The Kier molecular flexibility index (Phi) is 2.95. The van der Waals surface area contributed by atoms with Crippen molar-refractivity contribution < 1.29 is 18.3 Å². The monoisotopic (exact) mass is 226 g/mol. The Hall–Kier alpha value is -1.62. The molecule has 0 heterocycles. The van der Waals surface area contributed by atoms with Crippen LogP contribution in [0, 0.1) is 0 Å². The Morgan fingerprint density at radius 2 is 1.60 bits per heavy atom. The van der Waals surface area contributed by atoms with Crippen LogP contribution in [0.5, 0.6) is 0 Å². The lowest BCUT2D eigenvalue weighted by Crippen LogP contribution is -2.00. The van der Waals surface area contributed by atoms with Crippen molar-refractivity contribution in [2.24, 2.45) is 0 Å². The molecule has 0 aliphatic rings. The lowest BCUT2D eigenvalue weighted by molar-refractivity contribution is 0.0697. The Morgan fingerprint density at radius 3 is 1.93 bits per heavy atom. The van der Waals surface area contributed by atoms with E-state index in [-0.39, 0.29) is 10.5 Å². The number of rotatable bonds is 3. The van der Waals surface area contributed by atoms with Crippen LogP contribution in [0.1, 0.15) is 15.9 Å². The van der Waals surface area contributed by atoms with Crippen molar-refractivity contribution in [3.05, 3.63) is 42.0 Å². The van der Waals surface area contributed by atoms with Crippen molar-refractivity contribution in [2.45, 2.75) is 0 Å². The molecule has 0 unspecified atom stereocenters. The summed E-state index contributed by atoms with van der Waals surface area (Å²) in [6.45, 7) is 3.44. The maximum absolute atomic E-state index is 11.1. The van der Waals surface area contributed by atoms with Crippen LogP contribution in [0.25, 0.3) is 4.91 Å². The number of hydrogen-bond acceptors (Lipinski definition) is 3. The summed E-state index contributed by atoms with van der Waals surface area (Å²) < 4.78 is 22.3. The molecule has 0 fully saturated rings. The topological polar surface area (TPSA) is 71.4 Å². The average Bonchev–Trinajstić information content (AvgIpc) is 2.15. The number of carboxylic acids is 1. The molecule has 15 heavy (non-hydrogen) atoms. The summed E-state index contributed by atoms with van der Waals surface area (Å²) in [6.07, 6.45) is 1.06. The van der Waals surface area contributed by atoms with Gasteiger partial charge in [-0.15, -0.1) is 0 Å². The summed E-state index contributed by atoms with van der Waals surface area (Å²) in [5.41, 5.74) is 0.516. The molecule has 5 heteroatoms. The minimum absolute atomic E-state index is 0.0144. The van der Waals surface area contributed by atoms with Crippen molar-refractivity contribution in [2.75, 3.05) is 6.26 Å². The summed E-state index contributed by atoms with van der Waals surface area (Å²) in [6, 6.07) is 5.53. The summed E-state index contributed by atoms with van der Waals surface area (Å²) >= 11 is 0. The standard InChI is InChI=1S/C10H10O4S/c1-7(15(2,13)14)8-3-5-9(6-4-8)10(11)12/h3-6H,1H2,2H3,(H,11,12). The lowest BCUT2D eigenvalue weighted by atomic mass is 10.1. The minimum atomic E-state index is -3.33. The fraction of sp³-hybridized carbons (Fsp3) is 0.100. The summed E-state index contributed by atoms with van der Waals surface area (Å²) in [5, 5.41) is 8.63. The van der Waals surface area contributed by atoms with Gasteiger partial charge in [0.05, 0.1) is 10.5 Å². The van der Waals surface area contributed by atoms with Crippen LogP contribution in [0.3, 0.4) is 0 Å². The van der Waals surface area contributed by atoms with Crippen molar-refractivity contribution in [1.82, 2.24) is 0 Å². The molecule has 0 atom stereocenters. The van der Waals surface area contributed by atoms with Crippen molar-refractivity contribution in [3.63, 3.8) is 0 Å². The highest BCUT2D eigenvalue weighted by atomic mass is 32.2. The SMILES string of the molecule is C=C(c1ccc(C(=O)O)cc1)S(C)(=O)=O. The Labute approximate surface area is 87.8 Å². The third kappa shape index (κ3) is 2.66. The quantitative estimate of drug-likeness (QED) is 0.845. The van der Waals surface area contributed by atoms with Gasteiger partial charge in [-0.25, -0.2) is 13.2 Å². The van der Waals surface area contributed by atoms with Gasteiger partial charge < -0.3 is 5.11 Å². The number of aromatic carboxylic acids is 1. The van der Waals surface area contributed by atoms with Crippen molar-refractivity contribution in [3.8, 4) is 0 Å². The number of carboxylic acid groups (broad SMARTS) is 1. The van der Waals surface area contributed by atoms with Crippen LogP contribution in [0.2, 0.25) is 0 Å². The Morgan fingerprint density at radius 1 is 1.20 bits per heavy atom. The predicted octanol–water partition coefficient (Wildman–Crippen LogP) is 1.40. The zero-order valence-corrected chi connectivity index (χ0v) is 8.91. The van der Waals surface area contributed by atoms with E-state index < -0.39 is 15.8 Å². The van der Waals surface area contributed by atoms with Gasteiger partial charge >= 0.3 is 5.97 Å². The van der Waals surface area contributed by atoms with Crippen LogP contribution in [-0.2, 0) is 9.84 Å². The molecule has 0 aromatic heterocycles. The fourth-order valence-electron chi connectivity index (χ4n) is 1.01. The average molecular weight is 226 g/mol. The lowest BCUT2D eigenvalue weighted by Gasteiger charge is -2.03. The highest BCUT2D eigenvalue weighted by Crippen LogP contribution is 2.18. The molecule has 0 aliphatic carbocycles. The zero-order valence-electron chi connectivity index (χ0n) is 8.10. The molecule has 0 amide bonds. The summed E-state index contributed by atoms with van der Waals surface area (Å²) in [4.78, 5) is 10.5. The van der Waals surface area contributed by atoms with E-state index >= 15 is 0 Å². The molecule has 4 nitrogen and oxygen atoms in total. The Balaban J connectivity index is 3.11. The first-order valence-electron chi connectivity index (χ1n) is 4.05. The number of sulfone groups is 1. The second-order valence-corrected chi connectivity index (χ2v) is 5.11. The van der Waals surface area contributed by atoms with Gasteiger partial charge in [0.1, 0.15) is 0 Å². The summed E-state index contributed by atoms with van der Waals surface area (Å²) in [7, 11) is -3.33. The highest BCUT2D eigenvalue weighted by molar-refractivity contribution is 7.99. The van der Waals surface area contributed by atoms with Gasteiger partial charge in [0, 0.05) is 6.26 Å². The van der Waals surface area contributed by atoms with E-state index in [0.29, 0.717) is 5.56 Å². The van der Waals surface area contributed by atoms with Crippen LogP contribution in [0.4, 0.5) is 0 Å². The third-order valence-electron chi connectivity index (χ3n) is 1.90. The second-order valence-electron chi connectivity index (χ2n) is 3.08. The first-order chi connectivity index (χ1) is 6.82. The van der Waals surface area contributed by atoms with Crippen LogP contribution in [0.15, 0.2) is 30.8 Å². The Bertz CT molecular complexity index is 497. The fourth-order valence-corrected chi connectivity index (χ4v) is 1.58. The van der Waals surface area contributed by atoms with E-state index in [2.05, 4.69) is 6.58 Å². The molecule has 0 saturated heterocycles. The van der Waals surface area contributed by atoms with Crippen LogP contribution in [-0.4, -0.2) is 25.7 Å². The van der Waals surface area contributed by atoms with Gasteiger partial charge in [0.25, 0.3) is 0 Å². The molecular weight excluding hydrogens is 216 g/mol. The molecule has 0 bridgehead atoms. The third-order valence-corrected chi connectivity index (χ3v) is 3.03. The van der Waals surface area contributed by atoms with Gasteiger partial charge in [0.2, 0.25) is 0 Å². The largest absolute Gasteiger partial charge is 0.478 e. The van der Waals surface area contributed by atoms with E-state index in [4.69, 9.17) is 5.11 Å². The van der Waals surface area contributed by atoms with E-state index in [1.165, 1.54) is 24.3 Å².